The van der Waals surface area contributed by atoms with Gasteiger partial charge in [0, 0.05) is 19.0 Å². The second-order valence-corrected chi connectivity index (χ2v) is 5.62. The molecule has 0 bridgehead atoms. The van der Waals surface area contributed by atoms with Crippen LogP contribution in [-0.2, 0) is 16.0 Å². The lowest BCUT2D eigenvalue weighted by molar-refractivity contribution is -0.123. The topological polar surface area (TPSA) is 59.6 Å². The van der Waals surface area contributed by atoms with Crippen LogP contribution in [0.3, 0.4) is 0 Å². The van der Waals surface area contributed by atoms with E-state index >= 15 is 0 Å². The first kappa shape index (κ1) is 14.4. The third-order valence-electron chi connectivity index (χ3n) is 4.21. The molecule has 1 aliphatic carbocycles. The summed E-state index contributed by atoms with van der Waals surface area (Å²) in [6.07, 6.45) is 2.36. The summed E-state index contributed by atoms with van der Waals surface area (Å²) in [6, 6.07) is 6.28. The Labute approximate surface area is 125 Å². The number of carbonyl (C=O) groups is 1. The maximum atomic E-state index is 12.2. The van der Waals surface area contributed by atoms with Gasteiger partial charge in [0.15, 0.2) is 0 Å². The van der Waals surface area contributed by atoms with Gasteiger partial charge in [0.25, 0.3) is 0 Å². The minimum atomic E-state index is 0.0821. The average Bonchev–Trinajstić information content (AvgIpc) is 2.91. The van der Waals surface area contributed by atoms with Gasteiger partial charge in [-0.2, -0.15) is 0 Å². The first-order valence-corrected chi connectivity index (χ1v) is 7.54. The number of hydrogen-bond donors (Lipinski definition) is 2. The molecule has 1 aromatic rings. The van der Waals surface area contributed by atoms with Crippen LogP contribution in [0.4, 0.5) is 0 Å². The highest BCUT2D eigenvalue weighted by molar-refractivity contribution is 5.77. The lowest BCUT2D eigenvalue weighted by Crippen LogP contribution is -2.44. The van der Waals surface area contributed by atoms with E-state index in [4.69, 9.17) is 9.47 Å². The summed E-state index contributed by atoms with van der Waals surface area (Å²) in [5.74, 6) is 1.00. The molecule has 5 nitrogen and oxygen atoms in total. The fraction of sp³-hybridized carbons (Fsp3) is 0.562. The summed E-state index contributed by atoms with van der Waals surface area (Å²) in [7, 11) is 1.69. The van der Waals surface area contributed by atoms with Crippen LogP contribution in [0, 0.1) is 0 Å². The Hall–Kier alpha value is -1.59. The van der Waals surface area contributed by atoms with Gasteiger partial charge in [-0.05, 0) is 30.0 Å². The van der Waals surface area contributed by atoms with E-state index in [2.05, 4.69) is 16.7 Å². The molecule has 1 saturated heterocycles. The predicted molar refractivity (Wildman–Crippen MR) is 79.4 cm³/mol. The molecule has 5 heteroatoms. The van der Waals surface area contributed by atoms with Gasteiger partial charge in [0.05, 0.1) is 26.4 Å². The van der Waals surface area contributed by atoms with Crippen LogP contribution in [0.5, 0.6) is 5.75 Å². The van der Waals surface area contributed by atoms with Gasteiger partial charge in [-0.15, -0.1) is 0 Å². The predicted octanol–water partition coefficient (Wildman–Crippen LogP) is 1.18. The minimum absolute atomic E-state index is 0.0821. The molecule has 0 spiro atoms. The fourth-order valence-corrected chi connectivity index (χ4v) is 3.19. The lowest BCUT2D eigenvalue weighted by Gasteiger charge is -2.24. The van der Waals surface area contributed by atoms with Crippen molar-refractivity contribution in [1.82, 2.24) is 10.6 Å². The van der Waals surface area contributed by atoms with Crippen molar-refractivity contribution >= 4 is 5.91 Å². The Kier molecular flexibility index (Phi) is 4.41. The van der Waals surface area contributed by atoms with Crippen LogP contribution in [0.1, 0.15) is 30.0 Å². The maximum Gasteiger partial charge on any atom is 0.222 e. The van der Waals surface area contributed by atoms with Gasteiger partial charge in [-0.25, -0.2) is 0 Å². The van der Waals surface area contributed by atoms with Gasteiger partial charge >= 0.3 is 0 Å². The van der Waals surface area contributed by atoms with Crippen molar-refractivity contribution in [3.05, 3.63) is 29.3 Å². The van der Waals surface area contributed by atoms with E-state index < -0.39 is 0 Å². The molecular weight excluding hydrogens is 268 g/mol. The number of rotatable bonds is 4. The lowest BCUT2D eigenvalue weighted by atomic mass is 10.1. The van der Waals surface area contributed by atoms with Gasteiger partial charge in [-0.3, -0.25) is 4.79 Å². The molecule has 2 aliphatic rings. The summed E-state index contributed by atoms with van der Waals surface area (Å²) >= 11 is 0. The van der Waals surface area contributed by atoms with Crippen LogP contribution in [-0.4, -0.2) is 38.8 Å². The molecule has 2 N–H and O–H groups in total. The van der Waals surface area contributed by atoms with E-state index in [1.165, 1.54) is 11.1 Å². The summed E-state index contributed by atoms with van der Waals surface area (Å²) in [6.45, 7) is 2.16. The average molecular weight is 290 g/mol. The third kappa shape index (κ3) is 3.19. The van der Waals surface area contributed by atoms with E-state index in [-0.39, 0.29) is 18.0 Å². The van der Waals surface area contributed by atoms with Crippen molar-refractivity contribution in [1.29, 1.82) is 0 Å². The maximum absolute atomic E-state index is 12.2. The number of amides is 1. The Morgan fingerprint density at radius 1 is 1.52 bits per heavy atom. The van der Waals surface area contributed by atoms with E-state index in [1.54, 1.807) is 7.11 Å². The highest BCUT2D eigenvalue weighted by atomic mass is 16.5. The van der Waals surface area contributed by atoms with Gasteiger partial charge < -0.3 is 20.1 Å². The molecule has 1 fully saturated rings. The van der Waals surface area contributed by atoms with Gasteiger partial charge in [-0.1, -0.05) is 12.1 Å². The Morgan fingerprint density at radius 2 is 2.43 bits per heavy atom. The highest BCUT2D eigenvalue weighted by Gasteiger charge is 2.27. The molecule has 0 saturated carbocycles. The number of nitrogens with one attached hydrogen (secondary N) is 2. The normalized spacial score (nSPS) is 24.4. The zero-order chi connectivity index (χ0) is 14.7. The number of benzene rings is 1. The van der Waals surface area contributed by atoms with E-state index in [1.807, 2.05) is 12.1 Å². The summed E-state index contributed by atoms with van der Waals surface area (Å²) in [5.41, 5.74) is 2.42. The van der Waals surface area contributed by atoms with E-state index in [0.29, 0.717) is 13.0 Å². The van der Waals surface area contributed by atoms with Crippen LogP contribution in [0.25, 0.3) is 0 Å². The van der Waals surface area contributed by atoms with Gasteiger partial charge in [0.1, 0.15) is 5.75 Å². The quantitative estimate of drug-likeness (QED) is 0.874. The summed E-state index contributed by atoms with van der Waals surface area (Å²) in [5, 5.41) is 6.45. The molecule has 1 amide bonds. The smallest absolute Gasteiger partial charge is 0.222 e. The first-order valence-electron chi connectivity index (χ1n) is 7.54. The summed E-state index contributed by atoms with van der Waals surface area (Å²) < 4.78 is 10.8. The highest BCUT2D eigenvalue weighted by Crippen LogP contribution is 2.36. The Bertz CT molecular complexity index is 512. The van der Waals surface area contributed by atoms with Crippen molar-refractivity contribution < 1.29 is 14.3 Å². The number of carbonyl (C=O) groups excluding carboxylic acids is 1. The number of ether oxygens (including phenoxy) is 2. The number of methoxy groups -OCH3 is 1. The van der Waals surface area contributed by atoms with Crippen LogP contribution in [0.15, 0.2) is 18.2 Å². The molecule has 21 heavy (non-hydrogen) atoms. The monoisotopic (exact) mass is 290 g/mol. The first-order chi connectivity index (χ1) is 10.3. The Balaban J connectivity index is 1.61. The Morgan fingerprint density at radius 3 is 3.19 bits per heavy atom. The van der Waals surface area contributed by atoms with Crippen molar-refractivity contribution in [2.45, 2.75) is 31.3 Å². The molecule has 0 aromatic heterocycles. The van der Waals surface area contributed by atoms with Crippen LogP contribution in [0.2, 0.25) is 0 Å². The zero-order valence-corrected chi connectivity index (χ0v) is 12.4. The van der Waals surface area contributed by atoms with Gasteiger partial charge in [0.2, 0.25) is 5.91 Å². The second-order valence-electron chi connectivity index (χ2n) is 5.62. The second kappa shape index (κ2) is 6.45. The molecule has 3 rings (SSSR count). The van der Waals surface area contributed by atoms with E-state index in [0.717, 1.165) is 31.7 Å². The van der Waals surface area contributed by atoms with Crippen molar-refractivity contribution in [3.63, 3.8) is 0 Å². The zero-order valence-electron chi connectivity index (χ0n) is 12.4. The third-order valence-corrected chi connectivity index (χ3v) is 4.21. The number of hydrogen-bond acceptors (Lipinski definition) is 4. The molecule has 114 valence electrons. The largest absolute Gasteiger partial charge is 0.496 e. The molecule has 0 radical (unpaired) electrons. The molecule has 1 aliphatic heterocycles. The summed E-state index contributed by atoms with van der Waals surface area (Å²) in [4.78, 5) is 12.2. The SMILES string of the molecule is COc1cccc2c1CCC2NC(=O)CC1COCCN1. The van der Waals surface area contributed by atoms with E-state index in [9.17, 15) is 4.79 Å². The van der Waals surface area contributed by atoms with Crippen LogP contribution < -0.4 is 15.4 Å². The molecule has 2 atom stereocenters. The number of fused-ring (bicyclic) bond motifs is 1. The molecule has 2 unspecified atom stereocenters. The fourth-order valence-electron chi connectivity index (χ4n) is 3.19. The standard InChI is InChI=1S/C16H22N2O3/c1-20-15-4-2-3-12-13(15)5-6-14(12)18-16(19)9-11-10-21-8-7-17-11/h2-4,11,14,17H,5-10H2,1H3,(H,18,19). The molecular formula is C16H22N2O3. The van der Waals surface area contributed by atoms with Crippen molar-refractivity contribution in [3.8, 4) is 5.75 Å². The van der Waals surface area contributed by atoms with Crippen molar-refractivity contribution in [2.75, 3.05) is 26.9 Å². The van der Waals surface area contributed by atoms with Crippen molar-refractivity contribution in [2.24, 2.45) is 0 Å². The minimum Gasteiger partial charge on any atom is -0.496 e. The number of morpholine rings is 1. The molecule has 1 aromatic carbocycles. The van der Waals surface area contributed by atoms with Crippen LogP contribution >= 0.6 is 0 Å². The molecule has 1 heterocycles.